The summed E-state index contributed by atoms with van der Waals surface area (Å²) in [5.74, 6) is -1.35. The molecule has 1 rings (SSSR count). The van der Waals surface area contributed by atoms with Crippen LogP contribution >= 0.6 is 0 Å². The third kappa shape index (κ3) is 3.79. The van der Waals surface area contributed by atoms with Crippen LogP contribution in [0.4, 0.5) is 0 Å². The molecule has 9 atom stereocenters. The van der Waals surface area contributed by atoms with Gasteiger partial charge in [-0.2, -0.15) is 0 Å². The van der Waals surface area contributed by atoms with Crippen LogP contribution in [-0.2, 0) is 9.53 Å². The maximum Gasteiger partial charge on any atom is 0.195 e. The zero-order chi connectivity index (χ0) is 17.2. The summed E-state index contributed by atoms with van der Waals surface area (Å²) >= 11 is 0. The fourth-order valence-corrected chi connectivity index (χ4v) is 2.16. The van der Waals surface area contributed by atoms with E-state index in [2.05, 4.69) is 0 Å². The van der Waals surface area contributed by atoms with Crippen molar-refractivity contribution in [3.05, 3.63) is 0 Å². The number of aliphatic hydroxyl groups excluding tert-OH is 8. The number of aliphatic hydroxyl groups is 8. The summed E-state index contributed by atoms with van der Waals surface area (Å²) in [7, 11) is 0. The van der Waals surface area contributed by atoms with Gasteiger partial charge in [0.05, 0.1) is 12.7 Å². The number of hydrogen-bond donors (Lipinski definition) is 8. The van der Waals surface area contributed by atoms with Crippen molar-refractivity contribution in [2.45, 2.75) is 61.9 Å². The average Bonchev–Trinajstić information content (AvgIpc) is 2.50. The summed E-state index contributed by atoms with van der Waals surface area (Å²) in [6.07, 6.45) is -16.0. The number of ketones is 1. The van der Waals surface area contributed by atoms with Gasteiger partial charge in [0.25, 0.3) is 0 Å². The lowest BCUT2D eigenvalue weighted by atomic mass is 9.89. The normalized spacial score (nSPS) is 38.1. The molecule has 130 valence electrons. The van der Waals surface area contributed by atoms with Gasteiger partial charge in [-0.25, -0.2) is 0 Å². The third-order valence-corrected chi connectivity index (χ3v) is 3.64. The summed E-state index contributed by atoms with van der Waals surface area (Å²) in [5, 5.41) is 75.9. The first-order valence-corrected chi connectivity index (χ1v) is 6.70. The molecule has 0 bridgehead atoms. The molecule has 0 aliphatic carbocycles. The van der Waals surface area contributed by atoms with E-state index in [-0.39, 0.29) is 0 Å². The molecular formula is C12H22O10. The molecule has 1 heterocycles. The molecule has 0 aromatic carbocycles. The second-order valence-corrected chi connectivity index (χ2v) is 5.32. The minimum atomic E-state index is -2.16. The second-order valence-electron chi connectivity index (χ2n) is 5.32. The first-order chi connectivity index (χ1) is 10.1. The first kappa shape index (κ1) is 19.4. The molecule has 1 aliphatic rings. The Labute approximate surface area is 125 Å². The highest BCUT2D eigenvalue weighted by Crippen LogP contribution is 2.24. The fraction of sp³-hybridized carbons (Fsp3) is 0.917. The lowest BCUT2D eigenvalue weighted by molar-refractivity contribution is -0.248. The molecule has 0 amide bonds. The lowest BCUT2D eigenvalue weighted by Gasteiger charge is -2.41. The Kier molecular flexibility index (Phi) is 6.80. The van der Waals surface area contributed by atoms with Gasteiger partial charge in [-0.1, -0.05) is 0 Å². The zero-order valence-corrected chi connectivity index (χ0v) is 11.8. The van der Waals surface area contributed by atoms with Crippen molar-refractivity contribution in [3.63, 3.8) is 0 Å². The molecule has 0 spiro atoms. The van der Waals surface area contributed by atoms with E-state index < -0.39 is 67.3 Å². The number of Topliss-reactive ketones (excluding diaryl/α,β-unsaturated/α-hetero) is 1. The van der Waals surface area contributed by atoms with Gasteiger partial charge in [-0.3, -0.25) is 4.79 Å². The maximum absolute atomic E-state index is 11.8. The highest BCUT2D eigenvalue weighted by molar-refractivity contribution is 5.88. The van der Waals surface area contributed by atoms with E-state index in [4.69, 9.17) is 14.9 Å². The van der Waals surface area contributed by atoms with Crippen LogP contribution in [0.5, 0.6) is 0 Å². The minimum Gasteiger partial charge on any atom is -0.394 e. The average molecular weight is 326 g/mol. The van der Waals surface area contributed by atoms with E-state index in [1.807, 2.05) is 0 Å². The monoisotopic (exact) mass is 326 g/mol. The smallest absolute Gasteiger partial charge is 0.195 e. The van der Waals surface area contributed by atoms with Crippen LogP contribution in [0.3, 0.4) is 0 Å². The van der Waals surface area contributed by atoms with Gasteiger partial charge in [0.1, 0.15) is 48.8 Å². The summed E-state index contributed by atoms with van der Waals surface area (Å²) in [6, 6.07) is 0. The van der Waals surface area contributed by atoms with Crippen LogP contribution in [0.1, 0.15) is 6.92 Å². The predicted molar refractivity (Wildman–Crippen MR) is 68.5 cm³/mol. The molecule has 10 nitrogen and oxygen atoms in total. The van der Waals surface area contributed by atoms with Gasteiger partial charge < -0.3 is 45.6 Å². The van der Waals surface area contributed by atoms with Crippen molar-refractivity contribution in [3.8, 4) is 0 Å². The molecule has 0 aromatic heterocycles. The van der Waals surface area contributed by atoms with Gasteiger partial charge in [0.15, 0.2) is 5.78 Å². The Morgan fingerprint density at radius 3 is 2.05 bits per heavy atom. The minimum absolute atomic E-state index is 0.749. The van der Waals surface area contributed by atoms with Crippen molar-refractivity contribution < 1.29 is 50.4 Å². The van der Waals surface area contributed by atoms with Crippen LogP contribution in [0.15, 0.2) is 0 Å². The number of ether oxygens (including phenoxy) is 1. The van der Waals surface area contributed by atoms with Gasteiger partial charge >= 0.3 is 0 Å². The van der Waals surface area contributed by atoms with Crippen molar-refractivity contribution in [1.29, 1.82) is 0 Å². The van der Waals surface area contributed by atoms with Gasteiger partial charge in [-0.15, -0.1) is 0 Å². The van der Waals surface area contributed by atoms with Gasteiger partial charge in [0, 0.05) is 0 Å². The van der Waals surface area contributed by atoms with E-state index in [9.17, 15) is 35.4 Å². The number of carbonyl (C=O) groups is 1. The number of carbonyl (C=O) groups excluding carboxylic acids is 1. The Bertz CT molecular complexity index is 373. The highest BCUT2D eigenvalue weighted by Gasteiger charge is 2.49. The third-order valence-electron chi connectivity index (χ3n) is 3.64. The molecule has 0 radical (unpaired) electrons. The highest BCUT2D eigenvalue weighted by atomic mass is 16.6. The van der Waals surface area contributed by atoms with E-state index in [0.717, 1.165) is 6.92 Å². The SMILES string of the molecule is C[C@@H](O)[C@@H](O)[C@H](O)C(=O)C(O)C1O[C@H](CO)[C@@H](O)[C@H](O)[C@H]1O. The van der Waals surface area contributed by atoms with Crippen LogP contribution < -0.4 is 0 Å². The Balaban J connectivity index is 2.86. The van der Waals surface area contributed by atoms with E-state index >= 15 is 0 Å². The van der Waals surface area contributed by atoms with Gasteiger partial charge in [0.2, 0.25) is 0 Å². The van der Waals surface area contributed by atoms with Crippen LogP contribution in [0.25, 0.3) is 0 Å². The second kappa shape index (κ2) is 7.73. The molecule has 1 aliphatic heterocycles. The van der Waals surface area contributed by atoms with E-state index in [0.29, 0.717) is 0 Å². The summed E-state index contributed by atoms with van der Waals surface area (Å²) in [5.41, 5.74) is 0. The molecule has 0 saturated carbocycles. The Morgan fingerprint density at radius 1 is 1.05 bits per heavy atom. The number of rotatable bonds is 6. The summed E-state index contributed by atoms with van der Waals surface area (Å²) in [4.78, 5) is 11.8. The van der Waals surface area contributed by atoms with Crippen molar-refractivity contribution in [1.82, 2.24) is 0 Å². The molecule has 10 heteroatoms. The van der Waals surface area contributed by atoms with Crippen molar-refractivity contribution in [2.24, 2.45) is 0 Å². The summed E-state index contributed by atoms with van der Waals surface area (Å²) in [6.45, 7) is 0.364. The predicted octanol–water partition coefficient (Wildman–Crippen LogP) is -5.14. The fourth-order valence-electron chi connectivity index (χ4n) is 2.16. The zero-order valence-electron chi connectivity index (χ0n) is 11.8. The topological polar surface area (TPSA) is 188 Å². The molecule has 1 fully saturated rings. The standard InChI is InChI=1S/C12H22O10/c1-3(14)5(15)7(17)9(19)11(21)12-10(20)8(18)6(16)4(2-13)22-12/h3-8,10-18,20-21H,2H2,1H3/t3-,4-,5-,6-,7+,8+,10-,11?,12?/m1/s1. The van der Waals surface area contributed by atoms with Gasteiger partial charge in [-0.05, 0) is 6.92 Å². The largest absolute Gasteiger partial charge is 0.394 e. The van der Waals surface area contributed by atoms with E-state index in [1.165, 1.54) is 0 Å². The van der Waals surface area contributed by atoms with Crippen LogP contribution in [-0.4, -0.2) is 108 Å². The molecule has 8 N–H and O–H groups in total. The van der Waals surface area contributed by atoms with Crippen molar-refractivity contribution >= 4 is 5.78 Å². The molecule has 2 unspecified atom stereocenters. The molecule has 22 heavy (non-hydrogen) atoms. The lowest BCUT2D eigenvalue weighted by Crippen LogP contribution is -2.63. The first-order valence-electron chi connectivity index (χ1n) is 6.70. The molecular weight excluding hydrogens is 304 g/mol. The van der Waals surface area contributed by atoms with Crippen LogP contribution in [0, 0.1) is 0 Å². The molecule has 1 saturated heterocycles. The summed E-state index contributed by atoms with van der Waals surface area (Å²) < 4.78 is 4.97. The van der Waals surface area contributed by atoms with E-state index in [1.54, 1.807) is 0 Å². The quantitative estimate of drug-likeness (QED) is 0.234. The van der Waals surface area contributed by atoms with Crippen LogP contribution in [0.2, 0.25) is 0 Å². The maximum atomic E-state index is 11.8. The Morgan fingerprint density at radius 2 is 1.59 bits per heavy atom. The van der Waals surface area contributed by atoms with Crippen molar-refractivity contribution in [2.75, 3.05) is 6.61 Å². The molecule has 0 aromatic rings. The Hall–Kier alpha value is -0.690. The number of hydrogen-bond acceptors (Lipinski definition) is 10.